The maximum absolute atomic E-state index is 12.0. The lowest BCUT2D eigenvalue weighted by atomic mass is 10.1. The second kappa shape index (κ2) is 6.85. The first-order valence-electron chi connectivity index (χ1n) is 6.26. The molecule has 2 rings (SSSR count). The molecule has 6 heteroatoms. The Bertz CT molecular complexity index is 646. The summed E-state index contributed by atoms with van der Waals surface area (Å²) in [5.74, 6) is -1.67. The molecule has 0 fully saturated rings. The van der Waals surface area contributed by atoms with E-state index in [4.69, 9.17) is 11.6 Å². The molecular weight excluding hydrogens is 292 g/mol. The van der Waals surface area contributed by atoms with Crippen LogP contribution in [0.5, 0.6) is 0 Å². The Morgan fingerprint density at radius 2 is 1.86 bits per heavy atom. The van der Waals surface area contributed by atoms with E-state index in [0.29, 0.717) is 0 Å². The number of aromatic nitrogens is 1. The van der Waals surface area contributed by atoms with E-state index in [1.165, 1.54) is 12.1 Å². The first-order chi connectivity index (χ1) is 10.1. The zero-order chi connectivity index (χ0) is 15.2. The Morgan fingerprint density at radius 1 is 1.14 bits per heavy atom. The largest absolute Gasteiger partial charge is 0.480 e. The lowest BCUT2D eigenvalue weighted by Crippen LogP contribution is -2.42. The number of carbonyl (C=O) groups excluding carboxylic acids is 1. The number of aliphatic carboxylic acids is 1. The molecule has 0 aliphatic carbocycles. The average molecular weight is 305 g/mol. The van der Waals surface area contributed by atoms with Crippen LogP contribution in [-0.2, 0) is 11.2 Å². The van der Waals surface area contributed by atoms with Crippen LogP contribution in [-0.4, -0.2) is 28.0 Å². The highest BCUT2D eigenvalue weighted by Gasteiger charge is 2.21. The normalized spacial score (nSPS) is 11.7. The van der Waals surface area contributed by atoms with E-state index in [9.17, 15) is 14.7 Å². The van der Waals surface area contributed by atoms with E-state index in [1.807, 2.05) is 18.2 Å². The van der Waals surface area contributed by atoms with Crippen LogP contribution in [0.2, 0.25) is 5.15 Å². The van der Waals surface area contributed by atoms with E-state index < -0.39 is 17.9 Å². The third kappa shape index (κ3) is 4.29. The first-order valence-corrected chi connectivity index (χ1v) is 6.64. The van der Waals surface area contributed by atoms with Gasteiger partial charge in [-0.2, -0.15) is 0 Å². The Morgan fingerprint density at radius 3 is 2.48 bits per heavy atom. The lowest BCUT2D eigenvalue weighted by Gasteiger charge is -2.14. The quantitative estimate of drug-likeness (QED) is 0.830. The summed E-state index contributed by atoms with van der Waals surface area (Å²) < 4.78 is 0. The summed E-state index contributed by atoms with van der Waals surface area (Å²) in [6.45, 7) is 0. The van der Waals surface area contributed by atoms with Gasteiger partial charge in [0, 0.05) is 6.42 Å². The third-order valence-corrected chi connectivity index (χ3v) is 3.04. The summed E-state index contributed by atoms with van der Waals surface area (Å²) in [7, 11) is 0. The number of carboxylic acids is 1. The number of nitrogens with zero attached hydrogens (tertiary/aromatic N) is 1. The Balaban J connectivity index is 2.10. The van der Waals surface area contributed by atoms with Gasteiger partial charge in [0.05, 0.1) is 0 Å². The Hall–Kier alpha value is -2.40. The minimum absolute atomic E-state index is 0.0850. The molecule has 108 valence electrons. The number of amides is 1. The molecule has 0 saturated heterocycles. The van der Waals surface area contributed by atoms with Crippen LogP contribution in [0, 0.1) is 0 Å². The van der Waals surface area contributed by atoms with Gasteiger partial charge in [-0.25, -0.2) is 9.78 Å². The summed E-state index contributed by atoms with van der Waals surface area (Å²) in [6, 6.07) is 12.6. The number of carbonyl (C=O) groups is 2. The molecule has 0 unspecified atom stereocenters. The molecule has 21 heavy (non-hydrogen) atoms. The molecule has 2 aromatic rings. The van der Waals surface area contributed by atoms with Crippen molar-refractivity contribution in [3.8, 4) is 0 Å². The van der Waals surface area contributed by atoms with Crippen molar-refractivity contribution in [2.45, 2.75) is 12.5 Å². The van der Waals surface area contributed by atoms with Crippen LogP contribution >= 0.6 is 11.6 Å². The average Bonchev–Trinajstić information content (AvgIpc) is 2.47. The number of pyridine rings is 1. The molecule has 1 heterocycles. The van der Waals surface area contributed by atoms with Crippen molar-refractivity contribution in [3.63, 3.8) is 0 Å². The third-order valence-electron chi connectivity index (χ3n) is 2.83. The molecule has 1 atom stereocenters. The van der Waals surface area contributed by atoms with Gasteiger partial charge in [-0.05, 0) is 17.7 Å². The van der Waals surface area contributed by atoms with E-state index >= 15 is 0 Å². The van der Waals surface area contributed by atoms with Crippen LogP contribution in [0.15, 0.2) is 48.5 Å². The highest BCUT2D eigenvalue weighted by atomic mass is 35.5. The van der Waals surface area contributed by atoms with Crippen LogP contribution in [0.4, 0.5) is 0 Å². The van der Waals surface area contributed by atoms with Gasteiger partial charge >= 0.3 is 5.97 Å². The zero-order valence-electron chi connectivity index (χ0n) is 11.0. The molecule has 0 saturated carbocycles. The maximum atomic E-state index is 12.0. The van der Waals surface area contributed by atoms with Gasteiger partial charge in [-0.3, -0.25) is 4.79 Å². The monoisotopic (exact) mass is 304 g/mol. The minimum atomic E-state index is -1.10. The van der Waals surface area contributed by atoms with Crippen molar-refractivity contribution >= 4 is 23.5 Å². The van der Waals surface area contributed by atoms with Crippen molar-refractivity contribution in [2.24, 2.45) is 0 Å². The van der Waals surface area contributed by atoms with E-state index in [2.05, 4.69) is 10.3 Å². The van der Waals surface area contributed by atoms with Gasteiger partial charge in [-0.15, -0.1) is 0 Å². The van der Waals surface area contributed by atoms with E-state index in [0.717, 1.165) is 5.56 Å². The summed E-state index contributed by atoms with van der Waals surface area (Å²) in [5.41, 5.74) is 0.908. The molecule has 0 aliphatic heterocycles. The summed E-state index contributed by atoms with van der Waals surface area (Å²) in [6.07, 6.45) is 0.197. The van der Waals surface area contributed by atoms with Crippen LogP contribution < -0.4 is 5.32 Å². The number of hydrogen-bond acceptors (Lipinski definition) is 3. The fourth-order valence-corrected chi connectivity index (χ4v) is 1.98. The highest BCUT2D eigenvalue weighted by Crippen LogP contribution is 2.07. The SMILES string of the molecule is O=C(N[C@@H](Cc1ccccc1)C(=O)O)c1cccc(Cl)n1. The van der Waals surface area contributed by atoms with Crippen molar-refractivity contribution < 1.29 is 14.7 Å². The van der Waals surface area contributed by atoms with Gasteiger partial charge in [0.15, 0.2) is 0 Å². The van der Waals surface area contributed by atoms with Crippen LogP contribution in [0.1, 0.15) is 16.1 Å². The molecule has 1 aromatic heterocycles. The molecule has 0 bridgehead atoms. The predicted molar refractivity (Wildman–Crippen MR) is 78.3 cm³/mol. The van der Waals surface area contributed by atoms with Gasteiger partial charge in [0.25, 0.3) is 5.91 Å². The minimum Gasteiger partial charge on any atom is -0.480 e. The topological polar surface area (TPSA) is 79.3 Å². The second-order valence-corrected chi connectivity index (χ2v) is 4.79. The number of carboxylic acid groups (broad SMARTS) is 1. The summed E-state index contributed by atoms with van der Waals surface area (Å²) in [4.78, 5) is 27.1. The summed E-state index contributed by atoms with van der Waals surface area (Å²) >= 11 is 5.71. The van der Waals surface area contributed by atoms with Crippen molar-refractivity contribution in [1.29, 1.82) is 0 Å². The van der Waals surface area contributed by atoms with E-state index in [1.54, 1.807) is 18.2 Å². The smallest absolute Gasteiger partial charge is 0.326 e. The molecule has 0 radical (unpaired) electrons. The van der Waals surface area contributed by atoms with Crippen molar-refractivity contribution in [3.05, 3.63) is 64.9 Å². The van der Waals surface area contributed by atoms with Crippen molar-refractivity contribution in [1.82, 2.24) is 10.3 Å². The van der Waals surface area contributed by atoms with Crippen molar-refractivity contribution in [2.75, 3.05) is 0 Å². The number of nitrogens with one attached hydrogen (secondary N) is 1. The Labute approximate surface area is 126 Å². The van der Waals surface area contributed by atoms with Gasteiger partial charge in [0.1, 0.15) is 16.9 Å². The molecular formula is C15H13ClN2O3. The van der Waals surface area contributed by atoms with Gasteiger partial charge < -0.3 is 10.4 Å². The second-order valence-electron chi connectivity index (χ2n) is 4.40. The molecule has 1 amide bonds. The molecule has 0 spiro atoms. The number of halogens is 1. The highest BCUT2D eigenvalue weighted by molar-refractivity contribution is 6.29. The molecule has 1 aromatic carbocycles. The molecule has 0 aliphatic rings. The maximum Gasteiger partial charge on any atom is 0.326 e. The number of rotatable bonds is 5. The zero-order valence-corrected chi connectivity index (χ0v) is 11.7. The molecule has 5 nitrogen and oxygen atoms in total. The first kappa shape index (κ1) is 15.0. The van der Waals surface area contributed by atoms with E-state index in [-0.39, 0.29) is 17.3 Å². The fourth-order valence-electron chi connectivity index (χ4n) is 1.82. The number of benzene rings is 1. The molecule has 2 N–H and O–H groups in total. The fraction of sp³-hybridized carbons (Fsp3) is 0.133. The standard InChI is InChI=1S/C15H13ClN2O3/c16-13-8-4-7-11(17-13)14(19)18-12(15(20)21)9-10-5-2-1-3-6-10/h1-8,12H,9H2,(H,18,19)(H,20,21)/t12-/m0/s1. The summed E-state index contributed by atoms with van der Waals surface area (Å²) in [5, 5.41) is 11.9. The predicted octanol–water partition coefficient (Wildman–Crippen LogP) is 2.16. The van der Waals surface area contributed by atoms with Gasteiger partial charge in [-0.1, -0.05) is 48.0 Å². The van der Waals surface area contributed by atoms with Crippen LogP contribution in [0.3, 0.4) is 0 Å². The Kier molecular flexibility index (Phi) is 4.90. The van der Waals surface area contributed by atoms with Crippen LogP contribution in [0.25, 0.3) is 0 Å². The van der Waals surface area contributed by atoms with Gasteiger partial charge in [0.2, 0.25) is 0 Å². The number of hydrogen-bond donors (Lipinski definition) is 2. The lowest BCUT2D eigenvalue weighted by molar-refractivity contribution is -0.139.